The lowest BCUT2D eigenvalue weighted by atomic mass is 10.1. The average Bonchev–Trinajstić information content (AvgIpc) is 2.29. The first-order valence-electron chi connectivity index (χ1n) is 4.50. The standard InChI is InChI=1S/C11H8BrNO3/c1-2-16-11(15)9-4-7(6-14)3-8(5-13)10(9)12/h3-4,6H,2H2,1H3. The number of nitriles is 1. The molecule has 82 valence electrons. The van der Waals surface area contributed by atoms with Crippen molar-refractivity contribution in [3.63, 3.8) is 0 Å². The van der Waals surface area contributed by atoms with Crippen LogP contribution < -0.4 is 0 Å². The zero-order valence-corrected chi connectivity index (χ0v) is 10.1. The van der Waals surface area contributed by atoms with E-state index in [4.69, 9.17) is 10.00 Å². The smallest absolute Gasteiger partial charge is 0.339 e. The Balaban J connectivity index is 3.32. The van der Waals surface area contributed by atoms with E-state index in [1.165, 1.54) is 12.1 Å². The highest BCUT2D eigenvalue weighted by atomic mass is 79.9. The molecule has 0 radical (unpaired) electrons. The molecule has 4 nitrogen and oxygen atoms in total. The minimum absolute atomic E-state index is 0.183. The molecule has 0 aliphatic carbocycles. The number of aldehydes is 1. The van der Waals surface area contributed by atoms with Gasteiger partial charge < -0.3 is 4.74 Å². The van der Waals surface area contributed by atoms with Crippen LogP contribution in [0.1, 0.15) is 33.2 Å². The average molecular weight is 282 g/mol. The predicted octanol–water partition coefficient (Wildman–Crippen LogP) is 2.31. The second-order valence-electron chi connectivity index (χ2n) is 2.88. The summed E-state index contributed by atoms with van der Waals surface area (Å²) in [6, 6.07) is 4.68. The zero-order chi connectivity index (χ0) is 12.1. The third kappa shape index (κ3) is 2.47. The summed E-state index contributed by atoms with van der Waals surface area (Å²) >= 11 is 3.14. The van der Waals surface area contributed by atoms with Crippen LogP contribution in [-0.4, -0.2) is 18.9 Å². The van der Waals surface area contributed by atoms with Gasteiger partial charge in [-0.1, -0.05) is 0 Å². The largest absolute Gasteiger partial charge is 0.462 e. The van der Waals surface area contributed by atoms with Gasteiger partial charge >= 0.3 is 5.97 Å². The molecule has 0 saturated heterocycles. The van der Waals surface area contributed by atoms with Crippen molar-refractivity contribution in [1.82, 2.24) is 0 Å². The van der Waals surface area contributed by atoms with Gasteiger partial charge in [0, 0.05) is 10.0 Å². The van der Waals surface area contributed by atoms with Gasteiger partial charge in [0.15, 0.2) is 0 Å². The highest BCUT2D eigenvalue weighted by Gasteiger charge is 2.15. The Morgan fingerprint density at radius 3 is 2.81 bits per heavy atom. The molecule has 0 N–H and O–H groups in total. The van der Waals surface area contributed by atoms with Crippen LogP contribution in [-0.2, 0) is 4.74 Å². The van der Waals surface area contributed by atoms with E-state index >= 15 is 0 Å². The van der Waals surface area contributed by atoms with Gasteiger partial charge in [0.2, 0.25) is 0 Å². The van der Waals surface area contributed by atoms with Crippen LogP contribution in [0.15, 0.2) is 16.6 Å². The number of nitrogens with zero attached hydrogens (tertiary/aromatic N) is 1. The summed E-state index contributed by atoms with van der Waals surface area (Å²) < 4.78 is 5.16. The van der Waals surface area contributed by atoms with Crippen LogP contribution in [0.25, 0.3) is 0 Å². The van der Waals surface area contributed by atoms with E-state index in [2.05, 4.69) is 15.9 Å². The Hall–Kier alpha value is -1.67. The fourth-order valence-corrected chi connectivity index (χ4v) is 1.63. The Bertz CT molecular complexity index is 477. The number of rotatable bonds is 3. The molecular formula is C11H8BrNO3. The number of hydrogen-bond donors (Lipinski definition) is 0. The highest BCUT2D eigenvalue weighted by molar-refractivity contribution is 9.10. The van der Waals surface area contributed by atoms with Gasteiger partial charge in [0.25, 0.3) is 0 Å². The molecule has 0 saturated carbocycles. The van der Waals surface area contributed by atoms with Crippen molar-refractivity contribution < 1.29 is 14.3 Å². The van der Waals surface area contributed by atoms with Gasteiger partial charge in [0.1, 0.15) is 12.4 Å². The molecule has 1 rings (SSSR count). The Morgan fingerprint density at radius 1 is 1.62 bits per heavy atom. The van der Waals surface area contributed by atoms with Crippen molar-refractivity contribution in [2.45, 2.75) is 6.92 Å². The highest BCUT2D eigenvalue weighted by Crippen LogP contribution is 2.23. The zero-order valence-electron chi connectivity index (χ0n) is 8.49. The predicted molar refractivity (Wildman–Crippen MR) is 60.2 cm³/mol. The lowest BCUT2D eigenvalue weighted by Gasteiger charge is -2.06. The molecule has 0 spiro atoms. The monoisotopic (exact) mass is 281 g/mol. The maximum Gasteiger partial charge on any atom is 0.339 e. The molecule has 0 aromatic heterocycles. The first kappa shape index (κ1) is 12.4. The molecule has 0 amide bonds. The first-order valence-corrected chi connectivity index (χ1v) is 5.29. The maximum absolute atomic E-state index is 11.5. The maximum atomic E-state index is 11.5. The molecule has 0 aliphatic rings. The van der Waals surface area contributed by atoms with Crippen molar-refractivity contribution in [1.29, 1.82) is 5.26 Å². The lowest BCUT2D eigenvalue weighted by Crippen LogP contribution is -2.07. The number of carbonyl (C=O) groups excluding carboxylic acids is 2. The first-order chi connectivity index (χ1) is 7.63. The van der Waals surface area contributed by atoms with Crippen molar-refractivity contribution in [3.05, 3.63) is 33.3 Å². The molecule has 0 atom stereocenters. The minimum atomic E-state index is -0.561. The normalized spacial score (nSPS) is 9.31. The van der Waals surface area contributed by atoms with E-state index in [9.17, 15) is 9.59 Å². The summed E-state index contributed by atoms with van der Waals surface area (Å²) in [7, 11) is 0. The van der Waals surface area contributed by atoms with Crippen LogP contribution in [0.5, 0.6) is 0 Å². The second kappa shape index (κ2) is 5.42. The van der Waals surface area contributed by atoms with Crippen molar-refractivity contribution >= 4 is 28.2 Å². The summed E-state index contributed by atoms with van der Waals surface area (Å²) in [5.41, 5.74) is 0.679. The van der Waals surface area contributed by atoms with Crippen molar-refractivity contribution in [3.8, 4) is 6.07 Å². The number of esters is 1. The summed E-state index contributed by atoms with van der Waals surface area (Å²) in [4.78, 5) is 22.2. The fourth-order valence-electron chi connectivity index (χ4n) is 1.15. The third-order valence-corrected chi connectivity index (χ3v) is 2.70. The van der Waals surface area contributed by atoms with Gasteiger partial charge in [-0.2, -0.15) is 5.26 Å². The van der Waals surface area contributed by atoms with Crippen LogP contribution in [0.2, 0.25) is 0 Å². The molecular weight excluding hydrogens is 274 g/mol. The number of carbonyl (C=O) groups is 2. The molecule has 1 aromatic carbocycles. The van der Waals surface area contributed by atoms with Gasteiger partial charge in [-0.15, -0.1) is 0 Å². The van der Waals surface area contributed by atoms with Crippen LogP contribution in [0, 0.1) is 11.3 Å². The lowest BCUT2D eigenvalue weighted by molar-refractivity contribution is 0.0525. The third-order valence-electron chi connectivity index (χ3n) is 1.85. The molecule has 0 fully saturated rings. The number of benzene rings is 1. The molecule has 0 aliphatic heterocycles. The summed E-state index contributed by atoms with van der Waals surface area (Å²) in [6.45, 7) is 1.92. The van der Waals surface area contributed by atoms with Gasteiger partial charge in [-0.3, -0.25) is 4.79 Å². The summed E-state index contributed by atoms with van der Waals surface area (Å²) in [6.07, 6.45) is 0.579. The molecule has 5 heteroatoms. The van der Waals surface area contributed by atoms with Crippen LogP contribution in [0.4, 0.5) is 0 Å². The van der Waals surface area contributed by atoms with E-state index < -0.39 is 5.97 Å². The minimum Gasteiger partial charge on any atom is -0.462 e. The summed E-state index contributed by atoms with van der Waals surface area (Å²) in [5.74, 6) is -0.561. The Labute approximate surface area is 101 Å². The Kier molecular flexibility index (Phi) is 4.20. The van der Waals surface area contributed by atoms with E-state index in [0.29, 0.717) is 10.8 Å². The van der Waals surface area contributed by atoms with Crippen LogP contribution >= 0.6 is 15.9 Å². The van der Waals surface area contributed by atoms with E-state index in [0.717, 1.165) is 0 Å². The molecule has 16 heavy (non-hydrogen) atoms. The number of halogens is 1. The summed E-state index contributed by atoms with van der Waals surface area (Å²) in [5, 5.41) is 8.83. The Morgan fingerprint density at radius 2 is 2.31 bits per heavy atom. The fraction of sp³-hybridized carbons (Fsp3) is 0.182. The van der Waals surface area contributed by atoms with Crippen LogP contribution in [0.3, 0.4) is 0 Å². The van der Waals surface area contributed by atoms with Crippen molar-refractivity contribution in [2.75, 3.05) is 6.61 Å². The van der Waals surface area contributed by atoms with Crippen molar-refractivity contribution in [2.24, 2.45) is 0 Å². The quantitative estimate of drug-likeness (QED) is 0.630. The molecule has 0 bridgehead atoms. The van der Waals surface area contributed by atoms with E-state index in [1.807, 2.05) is 6.07 Å². The molecule has 0 heterocycles. The van der Waals surface area contributed by atoms with Gasteiger partial charge in [-0.05, 0) is 35.0 Å². The topological polar surface area (TPSA) is 67.2 Å². The van der Waals surface area contributed by atoms with Gasteiger partial charge in [0.05, 0.1) is 17.7 Å². The molecule has 0 unspecified atom stereocenters. The molecule has 1 aromatic rings. The number of hydrogen-bond acceptors (Lipinski definition) is 4. The van der Waals surface area contributed by atoms with E-state index in [1.54, 1.807) is 6.92 Å². The number of ether oxygens (including phenoxy) is 1. The van der Waals surface area contributed by atoms with E-state index in [-0.39, 0.29) is 23.3 Å². The van der Waals surface area contributed by atoms with Gasteiger partial charge in [-0.25, -0.2) is 4.79 Å². The SMILES string of the molecule is CCOC(=O)c1cc(C=O)cc(C#N)c1Br. The second-order valence-corrected chi connectivity index (χ2v) is 3.67.